The molecular weight excluding hydrogens is 230 g/mol. The van der Waals surface area contributed by atoms with Crippen LogP contribution >= 0.6 is 0 Å². The van der Waals surface area contributed by atoms with Crippen LogP contribution in [0.2, 0.25) is 0 Å². The second kappa shape index (κ2) is 5.84. The van der Waals surface area contributed by atoms with Gasteiger partial charge in [-0.15, -0.1) is 0 Å². The molecule has 0 unspecified atom stereocenters. The highest BCUT2D eigenvalue weighted by Crippen LogP contribution is 2.27. The molecule has 1 saturated carbocycles. The summed E-state index contributed by atoms with van der Waals surface area (Å²) in [6, 6.07) is 0.358. The highest BCUT2D eigenvalue weighted by molar-refractivity contribution is 5.37. The third-order valence-corrected chi connectivity index (χ3v) is 3.22. The molecule has 0 saturated heterocycles. The van der Waals surface area contributed by atoms with Crippen LogP contribution in [0.5, 0.6) is 6.01 Å². The second-order valence-electron chi connectivity index (χ2n) is 4.65. The first-order valence-corrected chi connectivity index (χ1v) is 6.48. The van der Waals surface area contributed by atoms with E-state index in [0.717, 1.165) is 19.0 Å². The molecule has 1 aromatic heterocycles. The molecule has 0 bridgehead atoms. The third-order valence-electron chi connectivity index (χ3n) is 3.22. The Labute approximate surface area is 108 Å². The molecule has 1 aliphatic carbocycles. The van der Waals surface area contributed by atoms with Gasteiger partial charge in [0.2, 0.25) is 11.9 Å². The van der Waals surface area contributed by atoms with Crippen LogP contribution in [0.4, 0.5) is 11.9 Å². The van der Waals surface area contributed by atoms with Gasteiger partial charge in [-0.05, 0) is 25.7 Å². The summed E-state index contributed by atoms with van der Waals surface area (Å²) in [5, 5.41) is 3.09. The number of anilines is 2. The number of hydrogen-bond donors (Lipinski definition) is 1. The van der Waals surface area contributed by atoms with Crippen molar-refractivity contribution in [3.63, 3.8) is 0 Å². The topological polar surface area (TPSA) is 63.2 Å². The molecule has 0 atom stereocenters. The maximum Gasteiger partial charge on any atom is 0.322 e. The molecule has 1 aliphatic rings. The van der Waals surface area contributed by atoms with Crippen LogP contribution in [0, 0.1) is 5.92 Å². The lowest BCUT2D eigenvalue weighted by atomic mass is 9.85. The van der Waals surface area contributed by atoms with Crippen molar-refractivity contribution in [2.75, 3.05) is 37.5 Å². The van der Waals surface area contributed by atoms with E-state index in [0.29, 0.717) is 17.9 Å². The maximum atomic E-state index is 5.11. The SMILES string of the molecule is CCNc1nc(OC)nc(N(C)CC2CCC2)n1. The highest BCUT2D eigenvalue weighted by Gasteiger charge is 2.21. The van der Waals surface area contributed by atoms with E-state index in [1.807, 2.05) is 14.0 Å². The molecule has 100 valence electrons. The molecule has 0 aromatic carbocycles. The smallest absolute Gasteiger partial charge is 0.322 e. The first-order valence-electron chi connectivity index (χ1n) is 6.48. The number of hydrogen-bond acceptors (Lipinski definition) is 6. The van der Waals surface area contributed by atoms with Gasteiger partial charge in [0.25, 0.3) is 0 Å². The number of nitrogens with zero attached hydrogens (tertiary/aromatic N) is 4. The minimum absolute atomic E-state index is 0.358. The molecule has 0 aliphatic heterocycles. The minimum Gasteiger partial charge on any atom is -0.467 e. The average Bonchev–Trinajstić information content (AvgIpc) is 2.33. The predicted octanol–water partition coefficient (Wildman–Crippen LogP) is 1.55. The number of rotatable bonds is 6. The van der Waals surface area contributed by atoms with Gasteiger partial charge in [0.1, 0.15) is 0 Å². The van der Waals surface area contributed by atoms with Gasteiger partial charge in [-0.2, -0.15) is 15.0 Å². The van der Waals surface area contributed by atoms with Gasteiger partial charge in [0.15, 0.2) is 0 Å². The summed E-state index contributed by atoms with van der Waals surface area (Å²) in [4.78, 5) is 14.9. The Balaban J connectivity index is 2.10. The van der Waals surface area contributed by atoms with Crippen molar-refractivity contribution in [3.05, 3.63) is 0 Å². The van der Waals surface area contributed by atoms with E-state index in [-0.39, 0.29) is 0 Å². The maximum absolute atomic E-state index is 5.11. The van der Waals surface area contributed by atoms with E-state index in [1.165, 1.54) is 19.3 Å². The van der Waals surface area contributed by atoms with E-state index in [4.69, 9.17) is 4.74 Å². The highest BCUT2D eigenvalue weighted by atomic mass is 16.5. The molecule has 2 rings (SSSR count). The predicted molar refractivity (Wildman–Crippen MR) is 71.2 cm³/mol. The average molecular weight is 251 g/mol. The summed E-state index contributed by atoms with van der Waals surface area (Å²) >= 11 is 0. The van der Waals surface area contributed by atoms with Gasteiger partial charge < -0.3 is 15.0 Å². The largest absolute Gasteiger partial charge is 0.467 e. The molecule has 1 N–H and O–H groups in total. The molecule has 0 spiro atoms. The van der Waals surface area contributed by atoms with Gasteiger partial charge in [0.05, 0.1) is 7.11 Å². The third kappa shape index (κ3) is 3.00. The second-order valence-corrected chi connectivity index (χ2v) is 4.65. The lowest BCUT2D eigenvalue weighted by molar-refractivity contribution is 0.319. The zero-order chi connectivity index (χ0) is 13.0. The van der Waals surface area contributed by atoms with Gasteiger partial charge in [-0.1, -0.05) is 6.42 Å². The van der Waals surface area contributed by atoms with Crippen LogP contribution in [-0.4, -0.2) is 42.2 Å². The summed E-state index contributed by atoms with van der Waals surface area (Å²) < 4.78 is 5.11. The van der Waals surface area contributed by atoms with Crippen molar-refractivity contribution >= 4 is 11.9 Å². The number of aromatic nitrogens is 3. The Hall–Kier alpha value is -1.59. The molecule has 1 heterocycles. The number of ether oxygens (including phenoxy) is 1. The fourth-order valence-corrected chi connectivity index (χ4v) is 1.99. The van der Waals surface area contributed by atoms with Gasteiger partial charge in [-0.25, -0.2) is 0 Å². The van der Waals surface area contributed by atoms with Crippen LogP contribution in [0.25, 0.3) is 0 Å². The van der Waals surface area contributed by atoms with Gasteiger partial charge in [0, 0.05) is 20.1 Å². The fraction of sp³-hybridized carbons (Fsp3) is 0.750. The first kappa shape index (κ1) is 12.9. The molecular formula is C12H21N5O. The Morgan fingerprint density at radius 2 is 2.11 bits per heavy atom. The molecule has 0 amide bonds. The monoisotopic (exact) mass is 251 g/mol. The van der Waals surface area contributed by atoms with Gasteiger partial charge >= 0.3 is 6.01 Å². The summed E-state index contributed by atoms with van der Waals surface area (Å²) in [5.41, 5.74) is 0. The molecule has 1 fully saturated rings. The quantitative estimate of drug-likeness (QED) is 0.827. The summed E-state index contributed by atoms with van der Waals surface area (Å²) in [6.07, 6.45) is 3.97. The molecule has 6 nitrogen and oxygen atoms in total. The van der Waals surface area contributed by atoms with E-state index in [2.05, 4.69) is 25.2 Å². The lowest BCUT2D eigenvalue weighted by Gasteiger charge is -2.30. The zero-order valence-electron chi connectivity index (χ0n) is 11.3. The number of nitrogens with one attached hydrogen (secondary N) is 1. The molecule has 18 heavy (non-hydrogen) atoms. The summed E-state index contributed by atoms with van der Waals surface area (Å²) in [7, 11) is 3.59. The molecule has 1 aromatic rings. The van der Waals surface area contributed by atoms with Crippen molar-refractivity contribution in [1.82, 2.24) is 15.0 Å². The van der Waals surface area contributed by atoms with Crippen molar-refractivity contribution in [3.8, 4) is 6.01 Å². The standard InChI is InChI=1S/C12H21N5O/c1-4-13-10-14-11(16-12(15-10)18-3)17(2)8-9-6-5-7-9/h9H,4-8H2,1-3H3,(H,13,14,15,16). The van der Waals surface area contributed by atoms with Crippen molar-refractivity contribution in [2.24, 2.45) is 5.92 Å². The minimum atomic E-state index is 0.358. The molecule has 0 radical (unpaired) electrons. The van der Waals surface area contributed by atoms with Crippen molar-refractivity contribution in [2.45, 2.75) is 26.2 Å². The summed E-state index contributed by atoms with van der Waals surface area (Å²) in [5.74, 6) is 2.02. The van der Waals surface area contributed by atoms with Crippen LogP contribution in [0.3, 0.4) is 0 Å². The first-order chi connectivity index (χ1) is 8.72. The van der Waals surface area contributed by atoms with Crippen molar-refractivity contribution in [1.29, 1.82) is 0 Å². The normalized spacial score (nSPS) is 15.1. The van der Waals surface area contributed by atoms with Crippen LogP contribution in [-0.2, 0) is 0 Å². The number of methoxy groups -OCH3 is 1. The Morgan fingerprint density at radius 1 is 1.33 bits per heavy atom. The Kier molecular flexibility index (Phi) is 4.17. The zero-order valence-corrected chi connectivity index (χ0v) is 11.3. The van der Waals surface area contributed by atoms with E-state index in [9.17, 15) is 0 Å². The van der Waals surface area contributed by atoms with E-state index < -0.39 is 0 Å². The van der Waals surface area contributed by atoms with Gasteiger partial charge in [-0.3, -0.25) is 0 Å². The van der Waals surface area contributed by atoms with Crippen molar-refractivity contribution < 1.29 is 4.74 Å². The van der Waals surface area contributed by atoms with Crippen LogP contribution < -0.4 is 15.0 Å². The fourth-order valence-electron chi connectivity index (χ4n) is 1.99. The van der Waals surface area contributed by atoms with Crippen LogP contribution in [0.1, 0.15) is 26.2 Å². The van der Waals surface area contributed by atoms with Crippen LogP contribution in [0.15, 0.2) is 0 Å². The Bertz CT molecular complexity index is 394. The van der Waals surface area contributed by atoms with E-state index in [1.54, 1.807) is 7.11 Å². The molecule has 6 heteroatoms. The Morgan fingerprint density at radius 3 is 2.67 bits per heavy atom. The lowest BCUT2D eigenvalue weighted by Crippen LogP contribution is -2.30. The summed E-state index contributed by atoms with van der Waals surface area (Å²) in [6.45, 7) is 3.78. The van der Waals surface area contributed by atoms with E-state index >= 15 is 0 Å².